The van der Waals surface area contributed by atoms with Crippen molar-refractivity contribution in [3.05, 3.63) is 34.9 Å². The average molecular weight is 293 g/mol. The van der Waals surface area contributed by atoms with Gasteiger partial charge in [0.15, 0.2) is 4.34 Å². The Morgan fingerprint density at radius 2 is 1.95 bits per heavy atom. The maximum atomic E-state index is 5.58. The predicted molar refractivity (Wildman–Crippen MR) is 83.8 cm³/mol. The Balaban J connectivity index is 2.14. The van der Waals surface area contributed by atoms with Crippen LogP contribution in [0.1, 0.15) is 37.5 Å². The first-order valence-electron chi connectivity index (χ1n) is 6.17. The second-order valence-electron chi connectivity index (χ2n) is 5.65. The van der Waals surface area contributed by atoms with Crippen LogP contribution in [0.3, 0.4) is 0 Å². The maximum Gasteiger partial charge on any atom is 0.203 e. The molecule has 2 rings (SSSR count). The number of hydrogen-bond acceptors (Lipinski definition) is 5. The molecule has 2 aromatic rings. The standard InChI is InChI=1S/C14H19N3S2/c1-9-5-10(7-11(6-9)14(2,3)4)8-18-13-17-16-12(15)19-13/h5-7H,8H2,1-4H3,(H2,15,16). The molecule has 0 spiro atoms. The molecular formula is C14H19N3S2. The van der Waals surface area contributed by atoms with E-state index in [4.69, 9.17) is 5.73 Å². The Morgan fingerprint density at radius 3 is 2.53 bits per heavy atom. The zero-order valence-electron chi connectivity index (χ0n) is 11.7. The molecule has 0 unspecified atom stereocenters. The van der Waals surface area contributed by atoms with Crippen LogP contribution in [0, 0.1) is 6.92 Å². The molecule has 0 bridgehead atoms. The molecule has 0 saturated heterocycles. The highest BCUT2D eigenvalue weighted by molar-refractivity contribution is 8.00. The van der Waals surface area contributed by atoms with Crippen molar-refractivity contribution in [3.63, 3.8) is 0 Å². The van der Waals surface area contributed by atoms with Gasteiger partial charge in [0.1, 0.15) is 0 Å². The smallest absolute Gasteiger partial charge is 0.203 e. The number of benzene rings is 1. The number of nitrogens with two attached hydrogens (primary N) is 1. The third-order valence-electron chi connectivity index (χ3n) is 2.79. The molecule has 0 aliphatic heterocycles. The van der Waals surface area contributed by atoms with Crippen molar-refractivity contribution in [1.29, 1.82) is 0 Å². The van der Waals surface area contributed by atoms with Gasteiger partial charge in [-0.2, -0.15) is 0 Å². The topological polar surface area (TPSA) is 51.8 Å². The Labute approximate surface area is 122 Å². The number of thioether (sulfide) groups is 1. The van der Waals surface area contributed by atoms with Gasteiger partial charge in [-0.05, 0) is 23.5 Å². The molecule has 0 aliphatic carbocycles. The molecule has 0 saturated carbocycles. The summed E-state index contributed by atoms with van der Waals surface area (Å²) in [7, 11) is 0. The van der Waals surface area contributed by atoms with E-state index in [9.17, 15) is 0 Å². The minimum absolute atomic E-state index is 0.179. The van der Waals surface area contributed by atoms with E-state index in [1.54, 1.807) is 11.8 Å². The summed E-state index contributed by atoms with van der Waals surface area (Å²) in [4.78, 5) is 0. The summed E-state index contributed by atoms with van der Waals surface area (Å²) in [5, 5.41) is 8.39. The van der Waals surface area contributed by atoms with E-state index in [1.807, 2.05) is 0 Å². The van der Waals surface area contributed by atoms with E-state index in [0.29, 0.717) is 5.13 Å². The van der Waals surface area contributed by atoms with Crippen molar-refractivity contribution in [1.82, 2.24) is 10.2 Å². The summed E-state index contributed by atoms with van der Waals surface area (Å²) in [5.41, 5.74) is 9.77. The number of hydrogen-bond donors (Lipinski definition) is 1. The lowest BCUT2D eigenvalue weighted by atomic mass is 9.85. The summed E-state index contributed by atoms with van der Waals surface area (Å²) in [6, 6.07) is 6.77. The molecule has 1 heterocycles. The molecule has 0 amide bonds. The van der Waals surface area contributed by atoms with E-state index in [0.717, 1.165) is 10.1 Å². The lowest BCUT2D eigenvalue weighted by Crippen LogP contribution is -2.11. The van der Waals surface area contributed by atoms with Gasteiger partial charge in [0.05, 0.1) is 0 Å². The van der Waals surface area contributed by atoms with Crippen LogP contribution in [0.2, 0.25) is 0 Å². The molecule has 0 fully saturated rings. The molecule has 0 radical (unpaired) electrons. The van der Waals surface area contributed by atoms with Gasteiger partial charge < -0.3 is 5.73 Å². The molecule has 19 heavy (non-hydrogen) atoms. The number of nitrogens with zero attached hydrogens (tertiary/aromatic N) is 2. The summed E-state index contributed by atoms with van der Waals surface area (Å²) < 4.78 is 0.927. The fraction of sp³-hybridized carbons (Fsp3) is 0.429. The number of nitrogen functional groups attached to an aromatic ring is 1. The van der Waals surface area contributed by atoms with Gasteiger partial charge in [0.25, 0.3) is 0 Å². The van der Waals surface area contributed by atoms with Gasteiger partial charge in [-0.25, -0.2) is 0 Å². The molecule has 2 N–H and O–H groups in total. The van der Waals surface area contributed by atoms with Crippen molar-refractivity contribution in [2.24, 2.45) is 0 Å². The van der Waals surface area contributed by atoms with Crippen molar-refractivity contribution in [2.45, 2.75) is 43.2 Å². The highest BCUT2D eigenvalue weighted by Gasteiger charge is 2.14. The molecule has 1 aromatic carbocycles. The highest BCUT2D eigenvalue weighted by Crippen LogP contribution is 2.30. The van der Waals surface area contributed by atoms with Crippen LogP contribution >= 0.6 is 23.1 Å². The Kier molecular flexibility index (Phi) is 4.16. The second kappa shape index (κ2) is 5.51. The second-order valence-corrected chi connectivity index (χ2v) is 7.88. The molecule has 0 atom stereocenters. The third kappa shape index (κ3) is 3.94. The van der Waals surface area contributed by atoms with E-state index >= 15 is 0 Å². The minimum Gasteiger partial charge on any atom is -0.374 e. The fourth-order valence-corrected chi connectivity index (χ4v) is 3.37. The fourth-order valence-electron chi connectivity index (χ4n) is 1.80. The molecule has 0 aliphatic rings. The Bertz CT molecular complexity index is 570. The first-order valence-corrected chi connectivity index (χ1v) is 7.97. The first-order chi connectivity index (χ1) is 8.84. The van der Waals surface area contributed by atoms with Crippen molar-refractivity contribution < 1.29 is 0 Å². The first kappa shape index (κ1) is 14.3. The minimum atomic E-state index is 0.179. The number of anilines is 1. The van der Waals surface area contributed by atoms with Crippen molar-refractivity contribution >= 4 is 28.2 Å². The quantitative estimate of drug-likeness (QED) is 0.868. The Morgan fingerprint density at radius 1 is 1.21 bits per heavy atom. The van der Waals surface area contributed by atoms with E-state index in [2.05, 4.69) is 56.1 Å². The lowest BCUT2D eigenvalue weighted by molar-refractivity contribution is 0.589. The van der Waals surface area contributed by atoms with E-state index < -0.39 is 0 Å². The highest BCUT2D eigenvalue weighted by atomic mass is 32.2. The molecule has 3 nitrogen and oxygen atoms in total. The van der Waals surface area contributed by atoms with Gasteiger partial charge in [-0.3, -0.25) is 0 Å². The molecular weight excluding hydrogens is 274 g/mol. The van der Waals surface area contributed by atoms with Crippen LogP contribution in [-0.2, 0) is 11.2 Å². The lowest BCUT2D eigenvalue weighted by Gasteiger charge is -2.20. The van der Waals surface area contributed by atoms with Crippen LogP contribution in [0.25, 0.3) is 0 Å². The van der Waals surface area contributed by atoms with Crippen LogP contribution in [-0.4, -0.2) is 10.2 Å². The number of aromatic nitrogens is 2. The molecule has 102 valence electrons. The largest absolute Gasteiger partial charge is 0.374 e. The van der Waals surface area contributed by atoms with Gasteiger partial charge in [-0.15, -0.1) is 10.2 Å². The predicted octanol–water partition coefficient (Wildman–Crippen LogP) is 4.02. The number of aryl methyl sites for hydroxylation is 1. The van der Waals surface area contributed by atoms with Crippen LogP contribution < -0.4 is 5.73 Å². The van der Waals surface area contributed by atoms with Crippen LogP contribution in [0.15, 0.2) is 22.5 Å². The molecule has 1 aromatic heterocycles. The summed E-state index contributed by atoms with van der Waals surface area (Å²) in [6.07, 6.45) is 0. The van der Waals surface area contributed by atoms with E-state index in [1.165, 1.54) is 28.0 Å². The van der Waals surface area contributed by atoms with Gasteiger partial charge >= 0.3 is 0 Å². The maximum absolute atomic E-state index is 5.58. The summed E-state index contributed by atoms with van der Waals surface area (Å²) >= 11 is 3.13. The zero-order valence-corrected chi connectivity index (χ0v) is 13.4. The Hall–Kier alpha value is -1.07. The van der Waals surface area contributed by atoms with Crippen LogP contribution in [0.4, 0.5) is 5.13 Å². The molecule has 5 heteroatoms. The van der Waals surface area contributed by atoms with Gasteiger partial charge in [-0.1, -0.05) is 67.6 Å². The van der Waals surface area contributed by atoms with Gasteiger partial charge in [0.2, 0.25) is 5.13 Å². The third-order valence-corrected chi connectivity index (χ3v) is 4.74. The summed E-state index contributed by atoms with van der Waals surface area (Å²) in [5.74, 6) is 0.902. The zero-order chi connectivity index (χ0) is 14.0. The van der Waals surface area contributed by atoms with Crippen molar-refractivity contribution in [2.75, 3.05) is 5.73 Å². The monoisotopic (exact) mass is 293 g/mol. The van der Waals surface area contributed by atoms with E-state index in [-0.39, 0.29) is 5.41 Å². The van der Waals surface area contributed by atoms with Crippen LogP contribution in [0.5, 0.6) is 0 Å². The average Bonchev–Trinajstić information content (AvgIpc) is 2.71. The van der Waals surface area contributed by atoms with Crippen molar-refractivity contribution in [3.8, 4) is 0 Å². The normalized spacial score (nSPS) is 11.8. The van der Waals surface area contributed by atoms with Gasteiger partial charge in [0, 0.05) is 5.75 Å². The number of rotatable bonds is 3. The SMILES string of the molecule is Cc1cc(CSc2nnc(N)s2)cc(C(C)(C)C)c1. The summed E-state index contributed by atoms with van der Waals surface area (Å²) in [6.45, 7) is 8.87.